The number of likely N-dealkylation sites (N-methyl/N-ethyl adjacent to an activating group) is 1. The largest absolute Gasteiger partial charge is 0.352 e. The van der Waals surface area contributed by atoms with Crippen LogP contribution < -0.4 is 10.6 Å². The second-order valence-electron chi connectivity index (χ2n) is 5.44. The summed E-state index contributed by atoms with van der Waals surface area (Å²) >= 11 is 0. The Balaban J connectivity index is 1.90. The quantitative estimate of drug-likeness (QED) is 0.576. The summed E-state index contributed by atoms with van der Waals surface area (Å²) in [4.78, 5) is 22.5. The van der Waals surface area contributed by atoms with Gasteiger partial charge in [-0.05, 0) is 43.6 Å². The van der Waals surface area contributed by atoms with E-state index < -0.39 is 4.92 Å². The number of nitrogens with one attached hydrogen (secondary N) is 2. The zero-order valence-corrected chi connectivity index (χ0v) is 13.6. The topological polar surface area (TPSA) is 84.3 Å². The number of nitro groups is 1. The molecule has 2 aromatic rings. The van der Waals surface area contributed by atoms with Crippen molar-refractivity contribution in [3.8, 4) is 0 Å². The first-order valence-corrected chi connectivity index (χ1v) is 7.86. The highest BCUT2D eigenvalue weighted by atomic mass is 16.6. The number of non-ortho nitro benzene ring substituents is 1. The van der Waals surface area contributed by atoms with E-state index >= 15 is 0 Å². The highest BCUT2D eigenvalue weighted by Gasteiger charge is 2.10. The minimum absolute atomic E-state index is 0.0706. The number of hydrogen-bond donors (Lipinski definition) is 2. The predicted octanol–water partition coefficient (Wildman–Crippen LogP) is 2.33. The van der Waals surface area contributed by atoms with Crippen molar-refractivity contribution >= 4 is 11.6 Å². The molecule has 126 valence electrons. The maximum atomic E-state index is 12.3. The van der Waals surface area contributed by atoms with Gasteiger partial charge >= 0.3 is 0 Å². The van der Waals surface area contributed by atoms with Crippen LogP contribution in [0.4, 0.5) is 5.69 Å². The highest BCUT2D eigenvalue weighted by molar-refractivity contribution is 5.95. The van der Waals surface area contributed by atoms with Crippen LogP contribution in [-0.4, -0.2) is 31.0 Å². The van der Waals surface area contributed by atoms with E-state index in [1.54, 1.807) is 12.1 Å². The molecule has 2 rings (SSSR count). The van der Waals surface area contributed by atoms with Crippen LogP contribution >= 0.6 is 0 Å². The maximum absolute atomic E-state index is 12.3. The van der Waals surface area contributed by atoms with Gasteiger partial charge in [0.15, 0.2) is 0 Å². The fourth-order valence-electron chi connectivity index (χ4n) is 2.42. The third-order valence-corrected chi connectivity index (χ3v) is 3.75. The fourth-order valence-corrected chi connectivity index (χ4v) is 2.42. The summed E-state index contributed by atoms with van der Waals surface area (Å²) in [6, 6.07) is 14.0. The number of benzene rings is 2. The van der Waals surface area contributed by atoms with Gasteiger partial charge in [0.25, 0.3) is 11.6 Å². The van der Waals surface area contributed by atoms with Crippen molar-refractivity contribution in [2.75, 3.05) is 20.1 Å². The van der Waals surface area contributed by atoms with Gasteiger partial charge in [0.1, 0.15) is 0 Å². The number of amides is 1. The van der Waals surface area contributed by atoms with E-state index in [1.165, 1.54) is 12.1 Å². The summed E-state index contributed by atoms with van der Waals surface area (Å²) in [7, 11) is 1.88. The SMILES string of the molecule is CNCCc1ccccc1C(=O)NCCc1ccc([N+](=O)[O-])cc1. The summed E-state index contributed by atoms with van der Waals surface area (Å²) in [5.74, 6) is -0.0939. The van der Waals surface area contributed by atoms with Crippen LogP contribution in [0.15, 0.2) is 48.5 Å². The minimum Gasteiger partial charge on any atom is -0.352 e. The monoisotopic (exact) mass is 327 g/mol. The van der Waals surface area contributed by atoms with Crippen molar-refractivity contribution in [3.63, 3.8) is 0 Å². The van der Waals surface area contributed by atoms with E-state index in [9.17, 15) is 14.9 Å². The van der Waals surface area contributed by atoms with Crippen molar-refractivity contribution in [3.05, 3.63) is 75.3 Å². The summed E-state index contributed by atoms with van der Waals surface area (Å²) in [6.07, 6.45) is 1.42. The zero-order valence-electron chi connectivity index (χ0n) is 13.6. The second kappa shape index (κ2) is 8.79. The van der Waals surface area contributed by atoms with Gasteiger partial charge in [-0.1, -0.05) is 30.3 Å². The number of nitrogens with zero attached hydrogens (tertiary/aromatic N) is 1. The van der Waals surface area contributed by atoms with E-state index in [-0.39, 0.29) is 11.6 Å². The first kappa shape index (κ1) is 17.6. The molecule has 6 nitrogen and oxygen atoms in total. The molecule has 0 fully saturated rings. The molecular formula is C18H21N3O3. The lowest BCUT2D eigenvalue weighted by Gasteiger charge is -2.10. The lowest BCUT2D eigenvalue weighted by Crippen LogP contribution is -2.27. The zero-order chi connectivity index (χ0) is 17.4. The smallest absolute Gasteiger partial charge is 0.269 e. The Morgan fingerprint density at radius 1 is 1.04 bits per heavy atom. The number of carbonyl (C=O) groups is 1. The van der Waals surface area contributed by atoms with Crippen molar-refractivity contribution in [2.24, 2.45) is 0 Å². The number of carbonyl (C=O) groups excluding carboxylic acids is 1. The van der Waals surface area contributed by atoms with Gasteiger partial charge in [0, 0.05) is 24.2 Å². The molecule has 0 radical (unpaired) electrons. The first-order valence-electron chi connectivity index (χ1n) is 7.86. The van der Waals surface area contributed by atoms with Gasteiger partial charge in [-0.15, -0.1) is 0 Å². The lowest BCUT2D eigenvalue weighted by atomic mass is 10.0. The first-order chi connectivity index (χ1) is 11.6. The Bertz CT molecular complexity index is 699. The molecule has 0 aromatic heterocycles. The van der Waals surface area contributed by atoms with Crippen LogP contribution in [0, 0.1) is 10.1 Å². The van der Waals surface area contributed by atoms with E-state index in [1.807, 2.05) is 31.3 Å². The number of rotatable bonds is 8. The van der Waals surface area contributed by atoms with Crippen LogP contribution in [0.3, 0.4) is 0 Å². The molecule has 0 atom stereocenters. The second-order valence-corrected chi connectivity index (χ2v) is 5.44. The Labute approximate surface area is 141 Å². The minimum atomic E-state index is -0.423. The van der Waals surface area contributed by atoms with E-state index in [4.69, 9.17) is 0 Å². The molecule has 2 aromatic carbocycles. The molecule has 6 heteroatoms. The van der Waals surface area contributed by atoms with Crippen LogP contribution in [0.2, 0.25) is 0 Å². The average molecular weight is 327 g/mol. The number of nitro benzene ring substituents is 1. The summed E-state index contributed by atoms with van der Waals surface area (Å²) in [5.41, 5.74) is 2.72. The van der Waals surface area contributed by atoms with Gasteiger partial charge in [0.05, 0.1) is 4.92 Å². The molecule has 0 bridgehead atoms. The molecule has 0 aliphatic rings. The molecule has 0 unspecified atom stereocenters. The third kappa shape index (κ3) is 4.89. The Morgan fingerprint density at radius 3 is 2.42 bits per heavy atom. The molecule has 2 N–H and O–H groups in total. The van der Waals surface area contributed by atoms with Crippen LogP contribution in [0.1, 0.15) is 21.5 Å². The summed E-state index contributed by atoms with van der Waals surface area (Å²) in [5, 5.41) is 16.6. The molecule has 0 spiro atoms. The van der Waals surface area contributed by atoms with Gasteiger partial charge in [0.2, 0.25) is 0 Å². The Morgan fingerprint density at radius 2 is 1.75 bits per heavy atom. The van der Waals surface area contributed by atoms with Crippen LogP contribution in [-0.2, 0) is 12.8 Å². The van der Waals surface area contributed by atoms with Crippen LogP contribution in [0.5, 0.6) is 0 Å². The molecule has 1 amide bonds. The third-order valence-electron chi connectivity index (χ3n) is 3.75. The van der Waals surface area contributed by atoms with E-state index in [0.717, 1.165) is 24.1 Å². The van der Waals surface area contributed by atoms with E-state index in [0.29, 0.717) is 18.5 Å². The van der Waals surface area contributed by atoms with Gasteiger partial charge in [-0.3, -0.25) is 14.9 Å². The van der Waals surface area contributed by atoms with Crippen molar-refractivity contribution in [1.82, 2.24) is 10.6 Å². The summed E-state index contributed by atoms with van der Waals surface area (Å²) in [6.45, 7) is 1.30. The normalized spacial score (nSPS) is 10.4. The predicted molar refractivity (Wildman–Crippen MR) is 93.2 cm³/mol. The summed E-state index contributed by atoms with van der Waals surface area (Å²) < 4.78 is 0. The molecule has 0 heterocycles. The average Bonchev–Trinajstić information content (AvgIpc) is 2.60. The molecule has 24 heavy (non-hydrogen) atoms. The van der Waals surface area contributed by atoms with Gasteiger partial charge in [-0.2, -0.15) is 0 Å². The Kier molecular flexibility index (Phi) is 6.45. The van der Waals surface area contributed by atoms with Gasteiger partial charge in [-0.25, -0.2) is 0 Å². The van der Waals surface area contributed by atoms with E-state index in [2.05, 4.69) is 10.6 Å². The molecular weight excluding hydrogens is 306 g/mol. The van der Waals surface area contributed by atoms with Crippen molar-refractivity contribution in [2.45, 2.75) is 12.8 Å². The highest BCUT2D eigenvalue weighted by Crippen LogP contribution is 2.12. The van der Waals surface area contributed by atoms with Crippen LogP contribution in [0.25, 0.3) is 0 Å². The Hall–Kier alpha value is -2.73. The number of hydrogen-bond acceptors (Lipinski definition) is 4. The van der Waals surface area contributed by atoms with Crippen molar-refractivity contribution in [1.29, 1.82) is 0 Å². The molecule has 0 saturated heterocycles. The fraction of sp³-hybridized carbons (Fsp3) is 0.278. The van der Waals surface area contributed by atoms with Gasteiger partial charge < -0.3 is 10.6 Å². The maximum Gasteiger partial charge on any atom is 0.269 e. The standard InChI is InChI=1S/C18H21N3O3/c1-19-12-11-15-4-2-3-5-17(15)18(22)20-13-10-14-6-8-16(9-7-14)21(23)24/h2-9,19H,10-13H2,1H3,(H,20,22). The molecule has 0 aliphatic heterocycles. The molecule has 0 aliphatic carbocycles. The van der Waals surface area contributed by atoms with Crippen molar-refractivity contribution < 1.29 is 9.72 Å². The molecule has 0 saturated carbocycles. The lowest BCUT2D eigenvalue weighted by molar-refractivity contribution is -0.384.